The molecule has 1 aliphatic heterocycles. The molecule has 1 aliphatic rings. The fourth-order valence-corrected chi connectivity index (χ4v) is 3.06. The van der Waals surface area contributed by atoms with Crippen LogP contribution in [0.1, 0.15) is 11.3 Å². The van der Waals surface area contributed by atoms with Gasteiger partial charge in [-0.15, -0.1) is 5.10 Å². The van der Waals surface area contributed by atoms with Gasteiger partial charge in [0.1, 0.15) is 0 Å². The first kappa shape index (κ1) is 15.3. The molecule has 1 aromatic heterocycles. The lowest BCUT2D eigenvalue weighted by Gasteiger charge is -2.15. The van der Waals surface area contributed by atoms with Crippen LogP contribution >= 0.6 is 0 Å². The minimum Gasteiger partial charge on any atom is -0.338 e. The van der Waals surface area contributed by atoms with Crippen LogP contribution in [-0.4, -0.2) is 21.2 Å². The third-order valence-corrected chi connectivity index (χ3v) is 4.25. The van der Waals surface area contributed by atoms with E-state index in [4.69, 9.17) is 5.10 Å². The van der Waals surface area contributed by atoms with Gasteiger partial charge in [-0.1, -0.05) is 24.3 Å². The molecule has 7 nitrogen and oxygen atoms in total. The maximum absolute atomic E-state index is 11.1. The summed E-state index contributed by atoms with van der Waals surface area (Å²) in [5, 5.41) is 22.5. The van der Waals surface area contributed by atoms with E-state index in [1.54, 1.807) is 12.1 Å². The predicted molar refractivity (Wildman–Crippen MR) is 95.4 cm³/mol. The number of nitro benzene ring substituents is 1. The molecule has 0 aliphatic carbocycles. The number of nitrogens with zero attached hydrogens (tertiary/aromatic N) is 3. The van der Waals surface area contributed by atoms with E-state index >= 15 is 0 Å². The first-order chi connectivity index (χ1) is 12.2. The van der Waals surface area contributed by atoms with Crippen molar-refractivity contribution in [3.05, 3.63) is 76.0 Å². The molecule has 0 atom stereocenters. The van der Waals surface area contributed by atoms with Crippen LogP contribution in [0.25, 0.3) is 5.69 Å². The number of fused-ring (bicyclic) bond motifs is 1. The molecule has 2 heterocycles. The summed E-state index contributed by atoms with van der Waals surface area (Å²) in [4.78, 5) is 10.7. The summed E-state index contributed by atoms with van der Waals surface area (Å²) in [6.07, 6.45) is 0.821. The van der Waals surface area contributed by atoms with Gasteiger partial charge in [0.05, 0.1) is 16.3 Å². The first-order valence-electron chi connectivity index (χ1n) is 8.11. The SMILES string of the molecule is O=[N+]([O-])c1cccc(-n2nc(Nc3ccccc3)c3c2CCNC3)c1. The number of non-ortho nitro benzene ring substituents is 1. The number of aromatic nitrogens is 2. The van der Waals surface area contributed by atoms with Crippen molar-refractivity contribution >= 4 is 17.2 Å². The molecule has 7 heteroatoms. The minimum atomic E-state index is -0.385. The Morgan fingerprint density at radius 3 is 2.80 bits per heavy atom. The number of hydrogen-bond acceptors (Lipinski definition) is 5. The Kier molecular flexibility index (Phi) is 3.91. The molecule has 126 valence electrons. The van der Waals surface area contributed by atoms with Gasteiger partial charge in [-0.2, -0.15) is 0 Å². The third kappa shape index (κ3) is 2.97. The first-order valence-corrected chi connectivity index (χ1v) is 8.11. The van der Waals surface area contributed by atoms with Crippen LogP contribution in [-0.2, 0) is 13.0 Å². The summed E-state index contributed by atoms with van der Waals surface area (Å²) in [7, 11) is 0. The maximum atomic E-state index is 11.1. The normalized spacial score (nSPS) is 13.3. The van der Waals surface area contributed by atoms with Gasteiger partial charge in [0.2, 0.25) is 0 Å². The van der Waals surface area contributed by atoms with Crippen molar-refractivity contribution in [2.45, 2.75) is 13.0 Å². The largest absolute Gasteiger partial charge is 0.338 e. The highest BCUT2D eigenvalue weighted by molar-refractivity contribution is 5.62. The second-order valence-corrected chi connectivity index (χ2v) is 5.88. The molecule has 0 unspecified atom stereocenters. The molecule has 2 N–H and O–H groups in total. The highest BCUT2D eigenvalue weighted by atomic mass is 16.6. The van der Waals surface area contributed by atoms with Crippen LogP contribution in [0.2, 0.25) is 0 Å². The molecule has 0 saturated heterocycles. The minimum absolute atomic E-state index is 0.0632. The zero-order valence-corrected chi connectivity index (χ0v) is 13.5. The zero-order chi connectivity index (χ0) is 17.2. The molecule has 25 heavy (non-hydrogen) atoms. The van der Waals surface area contributed by atoms with E-state index in [1.807, 2.05) is 41.1 Å². The quantitative estimate of drug-likeness (QED) is 0.565. The summed E-state index contributed by atoms with van der Waals surface area (Å²) in [5.41, 5.74) is 3.90. The van der Waals surface area contributed by atoms with Crippen LogP contribution in [0.5, 0.6) is 0 Å². The smallest absolute Gasteiger partial charge is 0.271 e. The summed E-state index contributed by atoms with van der Waals surface area (Å²) < 4.78 is 1.81. The van der Waals surface area contributed by atoms with Crippen molar-refractivity contribution in [3.8, 4) is 5.69 Å². The molecule has 0 radical (unpaired) electrons. The molecule has 0 spiro atoms. The third-order valence-electron chi connectivity index (χ3n) is 4.25. The molecule has 0 bridgehead atoms. The van der Waals surface area contributed by atoms with Crippen LogP contribution in [0, 0.1) is 10.1 Å². The van der Waals surface area contributed by atoms with E-state index in [0.717, 1.165) is 42.3 Å². The van der Waals surface area contributed by atoms with E-state index in [0.29, 0.717) is 5.69 Å². The van der Waals surface area contributed by atoms with Gasteiger partial charge in [-0.3, -0.25) is 10.1 Å². The second kappa shape index (κ2) is 6.37. The van der Waals surface area contributed by atoms with Crippen LogP contribution in [0.3, 0.4) is 0 Å². The van der Waals surface area contributed by atoms with E-state index in [2.05, 4.69) is 10.6 Å². The lowest BCUT2D eigenvalue weighted by atomic mass is 10.1. The fraction of sp³-hybridized carbons (Fsp3) is 0.167. The van der Waals surface area contributed by atoms with E-state index in [1.165, 1.54) is 6.07 Å². The highest BCUT2D eigenvalue weighted by Crippen LogP contribution is 2.28. The lowest BCUT2D eigenvalue weighted by molar-refractivity contribution is -0.384. The molecule has 0 amide bonds. The van der Waals surface area contributed by atoms with Gasteiger partial charge in [0.15, 0.2) is 5.82 Å². The van der Waals surface area contributed by atoms with Crippen LogP contribution < -0.4 is 10.6 Å². The molecule has 0 fully saturated rings. The molecule has 4 rings (SSSR count). The van der Waals surface area contributed by atoms with E-state index in [9.17, 15) is 10.1 Å². The number of nitro groups is 1. The Labute approximate surface area is 144 Å². The summed E-state index contributed by atoms with van der Waals surface area (Å²) in [6, 6.07) is 16.4. The Morgan fingerprint density at radius 1 is 1.16 bits per heavy atom. The van der Waals surface area contributed by atoms with Crippen LogP contribution in [0.4, 0.5) is 17.2 Å². The molecule has 3 aromatic rings. The van der Waals surface area contributed by atoms with Gasteiger partial charge >= 0.3 is 0 Å². The zero-order valence-electron chi connectivity index (χ0n) is 13.5. The van der Waals surface area contributed by atoms with Gasteiger partial charge in [-0.25, -0.2) is 4.68 Å². The maximum Gasteiger partial charge on any atom is 0.271 e. The van der Waals surface area contributed by atoms with Crippen molar-refractivity contribution in [3.63, 3.8) is 0 Å². The van der Waals surface area contributed by atoms with Crippen molar-refractivity contribution < 1.29 is 4.92 Å². The number of benzene rings is 2. The standard InChI is InChI=1S/C18H17N5O2/c24-23(25)15-8-4-7-14(11-15)22-17-9-10-19-12-16(17)18(21-22)20-13-5-2-1-3-6-13/h1-8,11,19H,9-10,12H2,(H,20,21). The predicted octanol–water partition coefficient (Wildman–Crippen LogP) is 3.17. The summed E-state index contributed by atoms with van der Waals surface area (Å²) >= 11 is 0. The Balaban J connectivity index is 1.78. The number of anilines is 2. The monoisotopic (exact) mass is 335 g/mol. The number of para-hydroxylation sites is 1. The van der Waals surface area contributed by atoms with Crippen LogP contribution in [0.15, 0.2) is 54.6 Å². The second-order valence-electron chi connectivity index (χ2n) is 5.88. The van der Waals surface area contributed by atoms with Gasteiger partial charge in [-0.05, 0) is 18.2 Å². The summed E-state index contributed by atoms with van der Waals surface area (Å²) in [5.74, 6) is 0.778. The molecule has 2 aromatic carbocycles. The average Bonchev–Trinajstić information content (AvgIpc) is 3.01. The average molecular weight is 335 g/mol. The van der Waals surface area contributed by atoms with Gasteiger partial charge < -0.3 is 10.6 Å². The Morgan fingerprint density at radius 2 is 2.00 bits per heavy atom. The molecular formula is C18H17N5O2. The van der Waals surface area contributed by atoms with Crippen molar-refractivity contribution in [1.82, 2.24) is 15.1 Å². The molecule has 0 saturated carbocycles. The van der Waals surface area contributed by atoms with E-state index in [-0.39, 0.29) is 10.6 Å². The Bertz CT molecular complexity index is 920. The van der Waals surface area contributed by atoms with Crippen molar-refractivity contribution in [1.29, 1.82) is 0 Å². The van der Waals surface area contributed by atoms with Gasteiger partial charge in [0.25, 0.3) is 5.69 Å². The highest BCUT2D eigenvalue weighted by Gasteiger charge is 2.22. The topological polar surface area (TPSA) is 85.0 Å². The summed E-state index contributed by atoms with van der Waals surface area (Å²) in [6.45, 7) is 1.58. The fourth-order valence-electron chi connectivity index (χ4n) is 3.06. The molecular weight excluding hydrogens is 318 g/mol. The Hall–Kier alpha value is -3.19. The van der Waals surface area contributed by atoms with Crippen molar-refractivity contribution in [2.75, 3.05) is 11.9 Å². The number of nitrogens with one attached hydrogen (secondary N) is 2. The van der Waals surface area contributed by atoms with Crippen molar-refractivity contribution in [2.24, 2.45) is 0 Å². The van der Waals surface area contributed by atoms with E-state index < -0.39 is 0 Å². The number of hydrogen-bond donors (Lipinski definition) is 2. The lowest BCUT2D eigenvalue weighted by Crippen LogP contribution is -2.24. The number of rotatable bonds is 4. The van der Waals surface area contributed by atoms with Gasteiger partial charge in [0, 0.05) is 42.9 Å².